The quantitative estimate of drug-likeness (QED) is 0.675. The van der Waals surface area contributed by atoms with E-state index in [0.29, 0.717) is 10.7 Å². The van der Waals surface area contributed by atoms with E-state index in [2.05, 4.69) is 15.6 Å². The first-order valence-corrected chi connectivity index (χ1v) is 8.77. The van der Waals surface area contributed by atoms with Gasteiger partial charge >= 0.3 is 0 Å². The first-order chi connectivity index (χ1) is 12.9. The normalized spacial score (nSPS) is 11.8. The molecule has 9 heteroatoms. The number of benzene rings is 1. The molecule has 0 saturated carbocycles. The Balaban J connectivity index is 1.58. The van der Waals surface area contributed by atoms with Gasteiger partial charge in [-0.05, 0) is 36.8 Å². The van der Waals surface area contributed by atoms with E-state index in [1.54, 1.807) is 6.07 Å². The lowest BCUT2D eigenvalue weighted by atomic mass is 10.1. The van der Waals surface area contributed by atoms with Crippen LogP contribution in [0.15, 0.2) is 47.2 Å². The zero-order valence-electron chi connectivity index (χ0n) is 14.2. The lowest BCUT2D eigenvalue weighted by molar-refractivity contribution is -0.117. The van der Waals surface area contributed by atoms with E-state index >= 15 is 0 Å². The number of hydrogen-bond acceptors (Lipinski definition) is 5. The van der Waals surface area contributed by atoms with Crippen molar-refractivity contribution in [2.24, 2.45) is 0 Å². The molecule has 0 aliphatic carbocycles. The van der Waals surface area contributed by atoms with Crippen LogP contribution in [0.5, 0.6) is 0 Å². The molecule has 0 aliphatic rings. The molecular formula is C18H15F2N3O3S. The van der Waals surface area contributed by atoms with Crippen LogP contribution in [-0.2, 0) is 11.2 Å². The number of aromatic nitrogens is 1. The summed E-state index contributed by atoms with van der Waals surface area (Å²) in [6, 6.07) is 5.54. The Morgan fingerprint density at radius 2 is 2.00 bits per heavy atom. The van der Waals surface area contributed by atoms with Crippen LogP contribution in [0.1, 0.15) is 27.9 Å². The number of hydrogen-bond donors (Lipinski definition) is 2. The van der Waals surface area contributed by atoms with Crippen LogP contribution in [0.4, 0.5) is 13.9 Å². The van der Waals surface area contributed by atoms with Gasteiger partial charge in [0.05, 0.1) is 6.26 Å². The van der Waals surface area contributed by atoms with Crippen LogP contribution >= 0.6 is 11.3 Å². The molecule has 1 unspecified atom stereocenters. The zero-order chi connectivity index (χ0) is 19.4. The average molecular weight is 391 g/mol. The second-order valence-corrected chi connectivity index (χ2v) is 6.86. The third-order valence-corrected chi connectivity index (χ3v) is 4.48. The molecule has 1 atom stereocenters. The highest BCUT2D eigenvalue weighted by Gasteiger charge is 2.19. The highest BCUT2D eigenvalue weighted by Crippen LogP contribution is 2.22. The number of rotatable bonds is 6. The molecule has 3 rings (SSSR count). The lowest BCUT2D eigenvalue weighted by Gasteiger charge is -2.11. The number of halogens is 2. The highest BCUT2D eigenvalue weighted by molar-refractivity contribution is 7.15. The largest absolute Gasteiger partial charge is 0.459 e. The van der Waals surface area contributed by atoms with Gasteiger partial charge in [-0.25, -0.2) is 13.8 Å². The Kier molecular flexibility index (Phi) is 5.60. The minimum atomic E-state index is -0.813. The fourth-order valence-corrected chi connectivity index (χ4v) is 3.17. The number of thiazole rings is 1. The SMILES string of the molecule is CC(NC(=O)c1ccco1)C(=O)Nc1ncc(Cc2cc(F)cc(F)c2)s1. The summed E-state index contributed by atoms with van der Waals surface area (Å²) in [5.41, 5.74) is 0.466. The second kappa shape index (κ2) is 8.09. The van der Waals surface area contributed by atoms with Crippen molar-refractivity contribution in [1.29, 1.82) is 0 Å². The summed E-state index contributed by atoms with van der Waals surface area (Å²) in [4.78, 5) is 28.9. The minimum absolute atomic E-state index is 0.105. The predicted molar refractivity (Wildman–Crippen MR) is 95.5 cm³/mol. The monoisotopic (exact) mass is 391 g/mol. The molecule has 6 nitrogen and oxygen atoms in total. The van der Waals surface area contributed by atoms with Gasteiger partial charge in [0, 0.05) is 23.6 Å². The van der Waals surface area contributed by atoms with Gasteiger partial charge in [-0.15, -0.1) is 11.3 Å². The highest BCUT2D eigenvalue weighted by atomic mass is 32.1. The summed E-state index contributed by atoms with van der Waals surface area (Å²) in [5.74, 6) is -2.15. The maximum Gasteiger partial charge on any atom is 0.287 e. The molecule has 0 spiro atoms. The zero-order valence-corrected chi connectivity index (χ0v) is 15.0. The van der Waals surface area contributed by atoms with E-state index in [0.717, 1.165) is 10.9 Å². The predicted octanol–water partition coefficient (Wildman–Crippen LogP) is 3.36. The summed E-state index contributed by atoms with van der Waals surface area (Å²) in [6.45, 7) is 1.53. The number of nitrogens with zero attached hydrogens (tertiary/aromatic N) is 1. The average Bonchev–Trinajstić information content (AvgIpc) is 3.26. The Bertz CT molecular complexity index is 936. The van der Waals surface area contributed by atoms with E-state index in [-0.39, 0.29) is 12.2 Å². The third kappa shape index (κ3) is 4.98. The summed E-state index contributed by atoms with van der Waals surface area (Å²) >= 11 is 1.18. The van der Waals surface area contributed by atoms with Crippen molar-refractivity contribution < 1.29 is 22.8 Å². The molecule has 0 bridgehead atoms. The molecule has 2 heterocycles. The summed E-state index contributed by atoms with van der Waals surface area (Å²) in [5, 5.41) is 5.43. The van der Waals surface area contributed by atoms with Crippen LogP contribution in [0.3, 0.4) is 0 Å². The van der Waals surface area contributed by atoms with Crippen molar-refractivity contribution >= 4 is 28.3 Å². The summed E-state index contributed by atoms with van der Waals surface area (Å²) in [6.07, 6.45) is 3.17. The van der Waals surface area contributed by atoms with Gasteiger partial charge in [0.15, 0.2) is 10.9 Å². The molecule has 2 amide bonds. The summed E-state index contributed by atoms with van der Waals surface area (Å²) in [7, 11) is 0. The number of furan rings is 1. The van der Waals surface area contributed by atoms with Gasteiger partial charge < -0.3 is 15.1 Å². The van der Waals surface area contributed by atoms with Crippen molar-refractivity contribution in [2.75, 3.05) is 5.32 Å². The lowest BCUT2D eigenvalue weighted by Crippen LogP contribution is -2.41. The molecule has 3 aromatic rings. The molecule has 1 aromatic carbocycles. The van der Waals surface area contributed by atoms with Crippen molar-refractivity contribution in [2.45, 2.75) is 19.4 Å². The van der Waals surface area contributed by atoms with E-state index < -0.39 is 29.5 Å². The van der Waals surface area contributed by atoms with Gasteiger partial charge in [-0.1, -0.05) is 0 Å². The molecule has 0 fully saturated rings. The number of anilines is 1. The first-order valence-electron chi connectivity index (χ1n) is 7.95. The standard InChI is InChI=1S/C18H15F2N3O3S/c1-10(22-17(25)15-3-2-4-26-15)16(24)23-18-21-9-14(27-18)7-11-5-12(19)8-13(20)6-11/h2-6,8-10H,7H2,1H3,(H,22,25)(H,21,23,24). The number of carbonyl (C=O) groups excluding carboxylic acids is 2. The van der Waals surface area contributed by atoms with E-state index in [4.69, 9.17) is 4.42 Å². The maximum atomic E-state index is 13.3. The fourth-order valence-electron chi connectivity index (χ4n) is 2.32. The molecule has 2 N–H and O–H groups in total. The molecular weight excluding hydrogens is 376 g/mol. The molecule has 2 aromatic heterocycles. The molecule has 27 heavy (non-hydrogen) atoms. The van der Waals surface area contributed by atoms with Gasteiger partial charge in [0.1, 0.15) is 17.7 Å². The van der Waals surface area contributed by atoms with Gasteiger partial charge in [-0.2, -0.15) is 0 Å². The Morgan fingerprint density at radius 1 is 1.26 bits per heavy atom. The maximum absolute atomic E-state index is 13.3. The van der Waals surface area contributed by atoms with E-state index in [9.17, 15) is 18.4 Å². The number of amides is 2. The van der Waals surface area contributed by atoms with E-state index in [1.807, 2.05) is 0 Å². The number of carbonyl (C=O) groups is 2. The smallest absolute Gasteiger partial charge is 0.287 e. The van der Waals surface area contributed by atoms with Crippen LogP contribution in [0.25, 0.3) is 0 Å². The fraction of sp³-hybridized carbons (Fsp3) is 0.167. The molecule has 140 valence electrons. The van der Waals surface area contributed by atoms with Crippen molar-refractivity contribution in [3.63, 3.8) is 0 Å². The van der Waals surface area contributed by atoms with Gasteiger partial charge in [-0.3, -0.25) is 9.59 Å². The third-order valence-electron chi connectivity index (χ3n) is 3.57. The van der Waals surface area contributed by atoms with E-state index in [1.165, 1.54) is 48.9 Å². The number of nitrogens with one attached hydrogen (secondary N) is 2. The Morgan fingerprint density at radius 3 is 2.67 bits per heavy atom. The topological polar surface area (TPSA) is 84.2 Å². The first kappa shape index (κ1) is 18.7. The molecule has 0 radical (unpaired) electrons. The van der Waals surface area contributed by atoms with Crippen molar-refractivity contribution in [3.8, 4) is 0 Å². The summed E-state index contributed by atoms with van der Waals surface area (Å²) < 4.78 is 31.5. The Labute approximate surface area is 157 Å². The molecule has 0 aliphatic heterocycles. The minimum Gasteiger partial charge on any atom is -0.459 e. The van der Waals surface area contributed by atoms with Crippen LogP contribution in [0, 0.1) is 11.6 Å². The second-order valence-electron chi connectivity index (χ2n) is 5.75. The van der Waals surface area contributed by atoms with Crippen molar-refractivity contribution in [1.82, 2.24) is 10.3 Å². The van der Waals surface area contributed by atoms with Crippen LogP contribution in [-0.4, -0.2) is 22.8 Å². The van der Waals surface area contributed by atoms with Gasteiger partial charge in [0.2, 0.25) is 5.91 Å². The Hall–Kier alpha value is -3.07. The van der Waals surface area contributed by atoms with Crippen LogP contribution in [0.2, 0.25) is 0 Å². The van der Waals surface area contributed by atoms with Crippen LogP contribution < -0.4 is 10.6 Å². The van der Waals surface area contributed by atoms with Gasteiger partial charge in [0.25, 0.3) is 5.91 Å². The molecule has 0 saturated heterocycles. The van der Waals surface area contributed by atoms with Crippen molar-refractivity contribution in [3.05, 3.63) is 70.6 Å².